The lowest BCUT2D eigenvalue weighted by atomic mass is 10.2. The number of rotatable bonds is 5. The van der Waals surface area contributed by atoms with Crippen molar-refractivity contribution in [2.24, 2.45) is 10.2 Å². The Morgan fingerprint density at radius 3 is 2.00 bits per heavy atom. The lowest BCUT2D eigenvalue weighted by Crippen LogP contribution is -2.03. The number of nitrogens with zero attached hydrogens (tertiary/aromatic N) is 2. The minimum Gasteiger partial charge on any atom is -0.462 e. The van der Waals surface area contributed by atoms with Crippen molar-refractivity contribution in [2.75, 3.05) is 12.9 Å². The van der Waals surface area contributed by atoms with Crippen LogP contribution in [0.1, 0.15) is 17.3 Å². The normalized spacial score (nSPS) is 10.8. The van der Waals surface area contributed by atoms with Crippen molar-refractivity contribution in [3.8, 4) is 0 Å². The van der Waals surface area contributed by atoms with Gasteiger partial charge in [0.2, 0.25) is 0 Å². The zero-order chi connectivity index (χ0) is 15.1. The molecule has 5 heteroatoms. The summed E-state index contributed by atoms with van der Waals surface area (Å²) in [4.78, 5) is 12.7. The first-order valence-electron chi connectivity index (χ1n) is 6.56. The van der Waals surface area contributed by atoms with E-state index in [0.29, 0.717) is 17.9 Å². The van der Waals surface area contributed by atoms with Gasteiger partial charge in [0.05, 0.1) is 23.5 Å². The van der Waals surface area contributed by atoms with Crippen LogP contribution in [0.2, 0.25) is 0 Å². The molecule has 0 heterocycles. The van der Waals surface area contributed by atoms with Gasteiger partial charge in [-0.3, -0.25) is 0 Å². The van der Waals surface area contributed by atoms with Crippen molar-refractivity contribution in [3.05, 3.63) is 54.1 Å². The summed E-state index contributed by atoms with van der Waals surface area (Å²) >= 11 is 1.68. The SMILES string of the molecule is CCOC(=O)c1ccc(/N=N/c2ccc(SC)cc2)cc1. The number of hydrogen-bond acceptors (Lipinski definition) is 5. The predicted octanol–water partition coefficient (Wildman–Crippen LogP) is 5.00. The van der Waals surface area contributed by atoms with Gasteiger partial charge in [0, 0.05) is 4.90 Å². The standard InChI is InChI=1S/C16H16N2O2S/c1-3-20-16(19)12-4-6-13(7-5-12)17-18-14-8-10-15(21-2)11-9-14/h4-11H,3H2,1-2H3/b18-17+. The number of esters is 1. The molecule has 0 saturated heterocycles. The number of azo groups is 1. The van der Waals surface area contributed by atoms with E-state index in [2.05, 4.69) is 10.2 Å². The van der Waals surface area contributed by atoms with Crippen LogP contribution in [0, 0.1) is 0 Å². The van der Waals surface area contributed by atoms with Gasteiger partial charge in [-0.2, -0.15) is 10.2 Å². The summed E-state index contributed by atoms with van der Waals surface area (Å²) < 4.78 is 4.92. The first kappa shape index (κ1) is 15.3. The second-order valence-corrected chi connectivity index (χ2v) is 5.05. The molecule has 0 aromatic heterocycles. The van der Waals surface area contributed by atoms with Gasteiger partial charge in [-0.05, 0) is 61.7 Å². The third-order valence-corrected chi connectivity index (χ3v) is 3.48. The first-order chi connectivity index (χ1) is 10.2. The summed E-state index contributed by atoms with van der Waals surface area (Å²) in [6.07, 6.45) is 2.03. The van der Waals surface area contributed by atoms with Gasteiger partial charge in [-0.25, -0.2) is 4.79 Å². The van der Waals surface area contributed by atoms with E-state index in [1.807, 2.05) is 30.5 Å². The fourth-order valence-electron chi connectivity index (χ4n) is 1.64. The quantitative estimate of drug-likeness (QED) is 0.443. The van der Waals surface area contributed by atoms with Gasteiger partial charge in [0.15, 0.2) is 0 Å². The molecule has 2 aromatic carbocycles. The molecule has 0 fully saturated rings. The summed E-state index contributed by atoms with van der Waals surface area (Å²) in [5.41, 5.74) is 2.00. The molecule has 0 atom stereocenters. The van der Waals surface area contributed by atoms with Crippen LogP contribution in [0.25, 0.3) is 0 Å². The second-order valence-electron chi connectivity index (χ2n) is 4.17. The van der Waals surface area contributed by atoms with E-state index < -0.39 is 0 Å². The van der Waals surface area contributed by atoms with Gasteiger partial charge in [-0.15, -0.1) is 11.8 Å². The van der Waals surface area contributed by atoms with Crippen LogP contribution in [-0.4, -0.2) is 18.8 Å². The average Bonchev–Trinajstić information content (AvgIpc) is 2.54. The van der Waals surface area contributed by atoms with Crippen molar-refractivity contribution >= 4 is 29.1 Å². The van der Waals surface area contributed by atoms with Gasteiger partial charge >= 0.3 is 5.97 Å². The predicted molar refractivity (Wildman–Crippen MR) is 84.8 cm³/mol. The van der Waals surface area contributed by atoms with Crippen molar-refractivity contribution in [2.45, 2.75) is 11.8 Å². The summed E-state index contributed by atoms with van der Waals surface area (Å²) in [6.45, 7) is 2.15. The van der Waals surface area contributed by atoms with Crippen molar-refractivity contribution < 1.29 is 9.53 Å². The van der Waals surface area contributed by atoms with Crippen LogP contribution in [0.4, 0.5) is 11.4 Å². The minimum absolute atomic E-state index is 0.325. The Morgan fingerprint density at radius 1 is 1.00 bits per heavy atom. The Kier molecular flexibility index (Phi) is 5.51. The molecule has 0 amide bonds. The molecule has 108 valence electrons. The highest BCUT2D eigenvalue weighted by molar-refractivity contribution is 7.98. The largest absolute Gasteiger partial charge is 0.462 e. The molecule has 0 saturated carbocycles. The number of carbonyl (C=O) groups excluding carboxylic acids is 1. The number of benzene rings is 2. The van der Waals surface area contributed by atoms with Crippen LogP contribution in [0.5, 0.6) is 0 Å². The monoisotopic (exact) mass is 300 g/mol. The molecule has 0 radical (unpaired) electrons. The van der Waals surface area contributed by atoms with E-state index in [0.717, 1.165) is 5.69 Å². The van der Waals surface area contributed by atoms with Crippen molar-refractivity contribution in [1.82, 2.24) is 0 Å². The Hall–Kier alpha value is -2.14. The highest BCUT2D eigenvalue weighted by atomic mass is 32.2. The van der Waals surface area contributed by atoms with Crippen LogP contribution in [0.15, 0.2) is 63.7 Å². The van der Waals surface area contributed by atoms with Crippen LogP contribution >= 0.6 is 11.8 Å². The summed E-state index contributed by atoms with van der Waals surface area (Å²) in [7, 11) is 0. The molecule has 21 heavy (non-hydrogen) atoms. The third kappa shape index (κ3) is 4.43. The van der Waals surface area contributed by atoms with Gasteiger partial charge in [0.1, 0.15) is 0 Å². The van der Waals surface area contributed by atoms with E-state index in [4.69, 9.17) is 4.74 Å². The van der Waals surface area contributed by atoms with E-state index >= 15 is 0 Å². The highest BCUT2D eigenvalue weighted by Crippen LogP contribution is 2.22. The molecule has 0 aliphatic heterocycles. The number of thioether (sulfide) groups is 1. The fourth-order valence-corrected chi connectivity index (χ4v) is 2.05. The molecule has 0 unspecified atom stereocenters. The zero-order valence-electron chi connectivity index (χ0n) is 11.9. The Morgan fingerprint density at radius 2 is 1.52 bits per heavy atom. The zero-order valence-corrected chi connectivity index (χ0v) is 12.8. The smallest absolute Gasteiger partial charge is 0.338 e. The maximum absolute atomic E-state index is 11.5. The summed E-state index contributed by atoms with van der Waals surface area (Å²) in [6, 6.07) is 14.7. The van der Waals surface area contributed by atoms with Gasteiger partial charge in [-0.1, -0.05) is 0 Å². The lowest BCUT2D eigenvalue weighted by Gasteiger charge is -2.01. The summed E-state index contributed by atoms with van der Waals surface area (Å²) in [5.74, 6) is -0.325. The van der Waals surface area contributed by atoms with E-state index in [1.54, 1.807) is 43.0 Å². The Balaban J connectivity index is 2.05. The molecular weight excluding hydrogens is 284 g/mol. The summed E-state index contributed by atoms with van der Waals surface area (Å²) in [5, 5.41) is 8.31. The van der Waals surface area contributed by atoms with E-state index in [9.17, 15) is 4.79 Å². The van der Waals surface area contributed by atoms with Crippen LogP contribution < -0.4 is 0 Å². The maximum Gasteiger partial charge on any atom is 0.338 e. The molecular formula is C16H16N2O2S. The molecule has 2 aromatic rings. The van der Waals surface area contributed by atoms with E-state index in [-0.39, 0.29) is 5.97 Å². The fraction of sp³-hybridized carbons (Fsp3) is 0.188. The van der Waals surface area contributed by atoms with Crippen molar-refractivity contribution in [3.63, 3.8) is 0 Å². The highest BCUT2D eigenvalue weighted by Gasteiger charge is 2.05. The number of carbonyl (C=O) groups is 1. The molecule has 0 N–H and O–H groups in total. The molecule has 0 aliphatic rings. The van der Waals surface area contributed by atoms with Crippen LogP contribution in [0.3, 0.4) is 0 Å². The third-order valence-electron chi connectivity index (χ3n) is 2.73. The van der Waals surface area contributed by atoms with Crippen molar-refractivity contribution in [1.29, 1.82) is 0 Å². The first-order valence-corrected chi connectivity index (χ1v) is 7.78. The molecule has 4 nitrogen and oxygen atoms in total. The van der Waals surface area contributed by atoms with Gasteiger partial charge in [0.25, 0.3) is 0 Å². The lowest BCUT2D eigenvalue weighted by molar-refractivity contribution is 0.0526. The molecule has 0 aliphatic carbocycles. The average molecular weight is 300 g/mol. The number of ether oxygens (including phenoxy) is 1. The molecule has 0 bridgehead atoms. The Bertz CT molecular complexity index is 622. The van der Waals surface area contributed by atoms with Gasteiger partial charge < -0.3 is 4.74 Å². The number of hydrogen-bond donors (Lipinski definition) is 0. The Labute approximate surface area is 128 Å². The van der Waals surface area contributed by atoms with E-state index in [1.165, 1.54) is 4.90 Å². The second kappa shape index (κ2) is 7.59. The topological polar surface area (TPSA) is 51.0 Å². The maximum atomic E-state index is 11.5. The molecule has 0 spiro atoms. The molecule has 2 rings (SSSR count). The van der Waals surface area contributed by atoms with Crippen LogP contribution in [-0.2, 0) is 4.74 Å². The minimum atomic E-state index is -0.325.